The van der Waals surface area contributed by atoms with Crippen LogP contribution < -0.4 is 5.48 Å². The van der Waals surface area contributed by atoms with Gasteiger partial charge in [0.1, 0.15) is 0 Å². The first-order valence-corrected chi connectivity index (χ1v) is 5.14. The van der Waals surface area contributed by atoms with Gasteiger partial charge < -0.3 is 5.11 Å². The third-order valence-electron chi connectivity index (χ3n) is 2.65. The van der Waals surface area contributed by atoms with Crippen LogP contribution in [-0.4, -0.2) is 23.7 Å². The minimum Gasteiger partial charge on any atom is -0.481 e. The summed E-state index contributed by atoms with van der Waals surface area (Å²) in [5.41, 5.74) is 2.00. The van der Waals surface area contributed by atoms with Crippen molar-refractivity contribution < 1.29 is 14.7 Å². The Morgan fingerprint density at radius 2 is 2.07 bits per heavy atom. The summed E-state index contributed by atoms with van der Waals surface area (Å²) in [6.45, 7) is 3.71. The van der Waals surface area contributed by atoms with Gasteiger partial charge in [-0.05, 0) is 26.7 Å². The van der Waals surface area contributed by atoms with Crippen LogP contribution in [0.5, 0.6) is 0 Å². The van der Waals surface area contributed by atoms with E-state index in [-0.39, 0.29) is 6.10 Å². The third-order valence-corrected chi connectivity index (χ3v) is 2.65. The molecule has 0 saturated heterocycles. The average Bonchev–Trinajstić information content (AvgIpc) is 2.56. The van der Waals surface area contributed by atoms with Crippen molar-refractivity contribution in [2.24, 2.45) is 5.41 Å². The molecule has 0 bridgehead atoms. The minimum atomic E-state index is -0.806. The Bertz CT molecular complexity index is 198. The van der Waals surface area contributed by atoms with Crippen LogP contribution in [0.15, 0.2) is 0 Å². The number of carboxylic acids is 1. The zero-order chi connectivity index (χ0) is 10.6. The molecular formula is C10H19NO3. The molecule has 14 heavy (non-hydrogen) atoms. The summed E-state index contributed by atoms with van der Waals surface area (Å²) in [5, 5.41) is 8.84. The SMILES string of the molecule is CC(C)(CNOC1CCCC1)C(=O)O. The lowest BCUT2D eigenvalue weighted by atomic mass is 9.94. The van der Waals surface area contributed by atoms with Gasteiger partial charge in [-0.15, -0.1) is 0 Å². The van der Waals surface area contributed by atoms with Crippen molar-refractivity contribution in [1.29, 1.82) is 0 Å². The summed E-state index contributed by atoms with van der Waals surface area (Å²) in [6, 6.07) is 0. The lowest BCUT2D eigenvalue weighted by molar-refractivity contribution is -0.149. The molecule has 0 heterocycles. The molecule has 1 saturated carbocycles. The molecule has 0 aromatic carbocycles. The Kier molecular flexibility index (Phi) is 3.89. The van der Waals surface area contributed by atoms with Crippen molar-refractivity contribution in [2.75, 3.05) is 6.54 Å². The second kappa shape index (κ2) is 4.75. The summed E-state index contributed by atoms with van der Waals surface area (Å²) in [5.74, 6) is -0.806. The van der Waals surface area contributed by atoms with E-state index in [0.717, 1.165) is 12.8 Å². The van der Waals surface area contributed by atoms with Crippen LogP contribution in [-0.2, 0) is 9.63 Å². The zero-order valence-corrected chi connectivity index (χ0v) is 8.88. The second-order valence-electron chi connectivity index (χ2n) is 4.53. The summed E-state index contributed by atoms with van der Waals surface area (Å²) in [7, 11) is 0. The van der Waals surface area contributed by atoms with Crippen LogP contribution in [0, 0.1) is 5.41 Å². The Hall–Kier alpha value is -0.610. The van der Waals surface area contributed by atoms with Crippen molar-refractivity contribution in [2.45, 2.75) is 45.6 Å². The first-order chi connectivity index (χ1) is 6.52. The maximum Gasteiger partial charge on any atom is 0.310 e. The average molecular weight is 201 g/mol. The van der Waals surface area contributed by atoms with Crippen molar-refractivity contribution in [3.05, 3.63) is 0 Å². The van der Waals surface area contributed by atoms with Gasteiger partial charge in [-0.2, -0.15) is 0 Å². The molecule has 0 aromatic rings. The van der Waals surface area contributed by atoms with Gasteiger partial charge in [-0.3, -0.25) is 9.63 Å². The molecule has 1 fully saturated rings. The first kappa shape index (κ1) is 11.5. The summed E-state index contributed by atoms with van der Waals surface area (Å²) in [6.07, 6.45) is 4.88. The number of hydrogen-bond acceptors (Lipinski definition) is 3. The van der Waals surface area contributed by atoms with E-state index in [9.17, 15) is 4.79 Å². The third kappa shape index (κ3) is 3.27. The van der Waals surface area contributed by atoms with Gasteiger partial charge in [-0.25, -0.2) is 5.48 Å². The molecule has 0 unspecified atom stereocenters. The molecule has 1 rings (SSSR count). The lowest BCUT2D eigenvalue weighted by Crippen LogP contribution is -2.37. The number of nitrogens with one attached hydrogen (secondary N) is 1. The van der Waals surface area contributed by atoms with Crippen LogP contribution in [0.2, 0.25) is 0 Å². The highest BCUT2D eigenvalue weighted by molar-refractivity contribution is 5.73. The van der Waals surface area contributed by atoms with Crippen molar-refractivity contribution in [3.63, 3.8) is 0 Å². The predicted octanol–water partition coefficient (Wildman–Crippen LogP) is 1.56. The Morgan fingerprint density at radius 1 is 1.50 bits per heavy atom. The molecule has 0 radical (unpaired) electrons. The monoisotopic (exact) mass is 201 g/mol. The fourth-order valence-electron chi connectivity index (χ4n) is 1.42. The minimum absolute atomic E-state index is 0.277. The highest BCUT2D eigenvalue weighted by Gasteiger charge is 2.27. The summed E-state index contributed by atoms with van der Waals surface area (Å²) in [4.78, 5) is 16.1. The Balaban J connectivity index is 2.16. The standard InChI is InChI=1S/C10H19NO3/c1-10(2,9(12)13)7-11-14-8-5-3-4-6-8/h8,11H,3-7H2,1-2H3,(H,12,13). The van der Waals surface area contributed by atoms with E-state index in [1.807, 2.05) is 0 Å². The molecule has 0 amide bonds. The molecule has 4 heteroatoms. The van der Waals surface area contributed by atoms with Gasteiger partial charge in [0.05, 0.1) is 11.5 Å². The molecule has 0 atom stereocenters. The lowest BCUT2D eigenvalue weighted by Gasteiger charge is -2.20. The van der Waals surface area contributed by atoms with Crippen molar-refractivity contribution in [3.8, 4) is 0 Å². The fourth-order valence-corrected chi connectivity index (χ4v) is 1.42. The highest BCUT2D eigenvalue weighted by Crippen LogP contribution is 2.20. The zero-order valence-electron chi connectivity index (χ0n) is 8.88. The largest absolute Gasteiger partial charge is 0.481 e. The van der Waals surface area contributed by atoms with Crippen LogP contribution in [0.25, 0.3) is 0 Å². The quantitative estimate of drug-likeness (QED) is 0.663. The van der Waals surface area contributed by atoms with E-state index in [1.54, 1.807) is 13.8 Å². The van der Waals surface area contributed by atoms with Crippen LogP contribution >= 0.6 is 0 Å². The number of rotatable bonds is 5. The van der Waals surface area contributed by atoms with Gasteiger partial charge in [0.25, 0.3) is 0 Å². The van der Waals surface area contributed by atoms with E-state index in [0.29, 0.717) is 6.54 Å². The molecule has 0 aliphatic heterocycles. The van der Waals surface area contributed by atoms with Gasteiger partial charge in [0.2, 0.25) is 0 Å². The van der Waals surface area contributed by atoms with Crippen LogP contribution in [0.3, 0.4) is 0 Å². The van der Waals surface area contributed by atoms with Crippen molar-refractivity contribution >= 4 is 5.97 Å². The molecule has 0 aromatic heterocycles. The van der Waals surface area contributed by atoms with Gasteiger partial charge >= 0.3 is 5.97 Å². The van der Waals surface area contributed by atoms with Gasteiger partial charge in [0, 0.05) is 6.54 Å². The molecule has 0 spiro atoms. The second-order valence-corrected chi connectivity index (χ2v) is 4.53. The highest BCUT2D eigenvalue weighted by atomic mass is 16.7. The molecule has 4 nitrogen and oxygen atoms in total. The number of aliphatic carboxylic acids is 1. The number of carbonyl (C=O) groups is 1. The maximum absolute atomic E-state index is 10.8. The normalized spacial score (nSPS) is 18.7. The van der Waals surface area contributed by atoms with Gasteiger partial charge in [-0.1, -0.05) is 12.8 Å². The summed E-state index contributed by atoms with van der Waals surface area (Å²) < 4.78 is 0. The van der Waals surface area contributed by atoms with E-state index in [1.165, 1.54) is 12.8 Å². The molecule has 1 aliphatic rings. The molecule has 82 valence electrons. The van der Waals surface area contributed by atoms with Crippen LogP contribution in [0.4, 0.5) is 0 Å². The topological polar surface area (TPSA) is 58.6 Å². The van der Waals surface area contributed by atoms with Crippen LogP contribution in [0.1, 0.15) is 39.5 Å². The first-order valence-electron chi connectivity index (χ1n) is 5.14. The Morgan fingerprint density at radius 3 is 2.57 bits per heavy atom. The fraction of sp³-hybridized carbons (Fsp3) is 0.900. The number of carboxylic acid groups (broad SMARTS) is 1. The smallest absolute Gasteiger partial charge is 0.310 e. The number of hydrogen-bond donors (Lipinski definition) is 2. The van der Waals surface area contributed by atoms with Crippen molar-refractivity contribution in [1.82, 2.24) is 5.48 Å². The summed E-state index contributed by atoms with van der Waals surface area (Å²) >= 11 is 0. The Labute approximate surface area is 84.6 Å². The number of hydroxylamine groups is 1. The molecule has 2 N–H and O–H groups in total. The van der Waals surface area contributed by atoms with Gasteiger partial charge in [0.15, 0.2) is 0 Å². The predicted molar refractivity (Wildman–Crippen MR) is 52.8 cm³/mol. The van der Waals surface area contributed by atoms with E-state index < -0.39 is 11.4 Å². The van der Waals surface area contributed by atoms with E-state index in [4.69, 9.17) is 9.94 Å². The maximum atomic E-state index is 10.8. The molecule has 1 aliphatic carbocycles. The molecular weight excluding hydrogens is 182 g/mol. The van der Waals surface area contributed by atoms with E-state index >= 15 is 0 Å². The van der Waals surface area contributed by atoms with E-state index in [2.05, 4.69) is 5.48 Å².